The van der Waals surface area contributed by atoms with E-state index in [4.69, 9.17) is 16.3 Å². The van der Waals surface area contributed by atoms with Crippen molar-refractivity contribution in [3.63, 3.8) is 0 Å². The number of hydrogen-bond acceptors (Lipinski definition) is 5. The van der Waals surface area contributed by atoms with E-state index in [-0.39, 0.29) is 29.0 Å². The van der Waals surface area contributed by atoms with Crippen molar-refractivity contribution in [1.29, 1.82) is 0 Å². The molecule has 1 amide bonds. The molecule has 1 aliphatic rings. The predicted octanol–water partition coefficient (Wildman–Crippen LogP) is 0.728. The zero-order valence-corrected chi connectivity index (χ0v) is 13.5. The first-order valence-electron chi connectivity index (χ1n) is 6.59. The Balaban J connectivity index is 2.12. The second-order valence-electron chi connectivity index (χ2n) is 5.17. The minimum absolute atomic E-state index is 0.0471. The number of benzene rings is 1. The molecule has 3 N–H and O–H groups in total. The fraction of sp³-hybridized carbons (Fsp3) is 0.462. The van der Waals surface area contributed by atoms with Gasteiger partial charge < -0.3 is 15.2 Å². The van der Waals surface area contributed by atoms with Gasteiger partial charge in [0.2, 0.25) is 15.9 Å². The molecule has 1 aliphatic heterocycles. The molecule has 9 heteroatoms. The SMILES string of the molecule is CC(=O)Nc1ccc(S(=O)(=O)NCC2(O)CCOC2)cc1Cl. The first kappa shape index (κ1) is 17.2. The first-order chi connectivity index (χ1) is 10.2. The average Bonchev–Trinajstić information content (AvgIpc) is 2.86. The van der Waals surface area contributed by atoms with Gasteiger partial charge in [0.1, 0.15) is 5.60 Å². The molecule has 7 nitrogen and oxygen atoms in total. The normalized spacial score (nSPS) is 21.8. The standard InChI is InChI=1S/C13H17ClN2O5S/c1-9(17)16-12-3-2-10(6-11(12)14)22(19,20)15-7-13(18)4-5-21-8-13/h2-3,6,15,18H,4-5,7-8H2,1H3,(H,16,17). The number of carbonyl (C=O) groups is 1. The Morgan fingerprint density at radius 1 is 1.50 bits per heavy atom. The lowest BCUT2D eigenvalue weighted by Crippen LogP contribution is -2.43. The fourth-order valence-corrected chi connectivity index (χ4v) is 3.44. The monoisotopic (exact) mass is 348 g/mol. The van der Waals surface area contributed by atoms with Gasteiger partial charge in [0.15, 0.2) is 0 Å². The Hall–Kier alpha value is -1.19. The molecule has 1 aromatic rings. The van der Waals surface area contributed by atoms with Crippen molar-refractivity contribution in [2.75, 3.05) is 25.1 Å². The number of anilines is 1. The summed E-state index contributed by atoms with van der Waals surface area (Å²) in [6.45, 7) is 1.68. The van der Waals surface area contributed by atoms with E-state index in [0.717, 1.165) is 0 Å². The van der Waals surface area contributed by atoms with Crippen molar-refractivity contribution in [3.8, 4) is 0 Å². The number of aliphatic hydroxyl groups is 1. The summed E-state index contributed by atoms with van der Waals surface area (Å²) in [5, 5.41) is 12.7. The van der Waals surface area contributed by atoms with Crippen LogP contribution >= 0.6 is 11.6 Å². The van der Waals surface area contributed by atoms with Crippen LogP contribution in [0.25, 0.3) is 0 Å². The number of rotatable bonds is 5. The molecule has 1 aromatic carbocycles. The van der Waals surface area contributed by atoms with Gasteiger partial charge in [-0.25, -0.2) is 13.1 Å². The van der Waals surface area contributed by atoms with Gasteiger partial charge in [-0.3, -0.25) is 4.79 Å². The first-order valence-corrected chi connectivity index (χ1v) is 8.45. The molecule has 1 fully saturated rings. The lowest BCUT2D eigenvalue weighted by molar-refractivity contribution is -0.114. The maximum Gasteiger partial charge on any atom is 0.240 e. The number of carbonyl (C=O) groups excluding carboxylic acids is 1. The van der Waals surface area contributed by atoms with E-state index in [1.54, 1.807) is 0 Å². The smallest absolute Gasteiger partial charge is 0.240 e. The molecule has 1 saturated heterocycles. The van der Waals surface area contributed by atoms with Crippen LogP contribution in [-0.4, -0.2) is 44.8 Å². The van der Waals surface area contributed by atoms with Gasteiger partial charge in [0.25, 0.3) is 0 Å². The molecular weight excluding hydrogens is 332 g/mol. The van der Waals surface area contributed by atoms with Gasteiger partial charge >= 0.3 is 0 Å². The van der Waals surface area contributed by atoms with Crippen LogP contribution < -0.4 is 10.0 Å². The maximum absolute atomic E-state index is 12.2. The molecule has 22 heavy (non-hydrogen) atoms. The van der Waals surface area contributed by atoms with Crippen LogP contribution in [0.1, 0.15) is 13.3 Å². The summed E-state index contributed by atoms with van der Waals surface area (Å²) in [4.78, 5) is 10.9. The average molecular weight is 349 g/mol. The molecule has 1 heterocycles. The third kappa shape index (κ3) is 4.17. The molecule has 0 aromatic heterocycles. The highest BCUT2D eigenvalue weighted by molar-refractivity contribution is 7.89. The Kier molecular flexibility index (Phi) is 5.08. The predicted molar refractivity (Wildman–Crippen MR) is 81.3 cm³/mol. The minimum Gasteiger partial charge on any atom is -0.386 e. The second kappa shape index (κ2) is 6.51. The van der Waals surface area contributed by atoms with Gasteiger partial charge in [0, 0.05) is 26.5 Å². The largest absolute Gasteiger partial charge is 0.386 e. The number of halogens is 1. The van der Waals surface area contributed by atoms with Crippen LogP contribution in [0.15, 0.2) is 23.1 Å². The molecular formula is C13H17ClN2O5S. The van der Waals surface area contributed by atoms with Crippen molar-refractivity contribution in [2.24, 2.45) is 0 Å². The van der Waals surface area contributed by atoms with Gasteiger partial charge in [0.05, 0.1) is 22.2 Å². The molecule has 0 bridgehead atoms. The van der Waals surface area contributed by atoms with Gasteiger partial charge in [-0.05, 0) is 18.2 Å². The van der Waals surface area contributed by atoms with Crippen molar-refractivity contribution < 1.29 is 23.1 Å². The molecule has 1 atom stereocenters. The van der Waals surface area contributed by atoms with E-state index in [1.165, 1.54) is 25.1 Å². The molecule has 0 spiro atoms. The molecule has 2 rings (SSSR count). The Morgan fingerprint density at radius 3 is 2.77 bits per heavy atom. The van der Waals surface area contributed by atoms with Gasteiger partial charge in [-0.15, -0.1) is 0 Å². The second-order valence-corrected chi connectivity index (χ2v) is 7.35. The summed E-state index contributed by atoms with van der Waals surface area (Å²) >= 11 is 5.96. The minimum atomic E-state index is -3.82. The van der Waals surface area contributed by atoms with Crippen LogP contribution in [0.5, 0.6) is 0 Å². The summed E-state index contributed by atoms with van der Waals surface area (Å²) in [5.41, 5.74) is -0.858. The molecule has 1 unspecified atom stereocenters. The highest BCUT2D eigenvalue weighted by Gasteiger charge is 2.33. The lowest BCUT2D eigenvalue weighted by Gasteiger charge is -2.20. The third-order valence-corrected chi connectivity index (χ3v) is 4.95. The van der Waals surface area contributed by atoms with Crippen molar-refractivity contribution in [2.45, 2.75) is 23.8 Å². The number of amides is 1. The van der Waals surface area contributed by atoms with E-state index in [1.807, 2.05) is 0 Å². The zero-order chi connectivity index (χ0) is 16.4. The summed E-state index contributed by atoms with van der Waals surface area (Å²) in [7, 11) is -3.82. The summed E-state index contributed by atoms with van der Waals surface area (Å²) < 4.78 is 31.8. The molecule has 0 saturated carbocycles. The topological polar surface area (TPSA) is 105 Å². The van der Waals surface area contributed by atoms with Crippen LogP contribution in [-0.2, 0) is 19.6 Å². The third-order valence-electron chi connectivity index (χ3n) is 3.24. The van der Waals surface area contributed by atoms with E-state index in [9.17, 15) is 18.3 Å². The molecule has 0 aliphatic carbocycles. The van der Waals surface area contributed by atoms with Gasteiger partial charge in [-0.1, -0.05) is 11.6 Å². The quantitative estimate of drug-likeness (QED) is 0.727. The maximum atomic E-state index is 12.2. The Morgan fingerprint density at radius 2 is 2.23 bits per heavy atom. The summed E-state index contributed by atoms with van der Waals surface area (Å²) in [6, 6.07) is 3.98. The van der Waals surface area contributed by atoms with Gasteiger partial charge in [-0.2, -0.15) is 0 Å². The summed E-state index contributed by atoms with van der Waals surface area (Å²) in [6.07, 6.45) is 0.373. The van der Waals surface area contributed by atoms with E-state index < -0.39 is 15.6 Å². The van der Waals surface area contributed by atoms with E-state index in [2.05, 4.69) is 10.0 Å². The summed E-state index contributed by atoms with van der Waals surface area (Å²) in [5.74, 6) is -0.306. The zero-order valence-electron chi connectivity index (χ0n) is 11.9. The molecule has 0 radical (unpaired) electrons. The van der Waals surface area contributed by atoms with Crippen LogP contribution in [0, 0.1) is 0 Å². The number of sulfonamides is 1. The van der Waals surface area contributed by atoms with Crippen molar-refractivity contribution >= 4 is 33.2 Å². The van der Waals surface area contributed by atoms with E-state index in [0.29, 0.717) is 18.7 Å². The number of ether oxygens (including phenoxy) is 1. The van der Waals surface area contributed by atoms with Crippen molar-refractivity contribution in [1.82, 2.24) is 4.72 Å². The Bertz CT molecular complexity index is 671. The number of hydrogen-bond donors (Lipinski definition) is 3. The lowest BCUT2D eigenvalue weighted by atomic mass is 10.1. The van der Waals surface area contributed by atoms with Crippen LogP contribution in [0.4, 0.5) is 5.69 Å². The van der Waals surface area contributed by atoms with E-state index >= 15 is 0 Å². The highest BCUT2D eigenvalue weighted by Crippen LogP contribution is 2.25. The van der Waals surface area contributed by atoms with Crippen LogP contribution in [0.2, 0.25) is 5.02 Å². The van der Waals surface area contributed by atoms with Crippen LogP contribution in [0.3, 0.4) is 0 Å². The number of nitrogens with one attached hydrogen (secondary N) is 2. The Labute approximate surface area is 133 Å². The van der Waals surface area contributed by atoms with Crippen molar-refractivity contribution in [3.05, 3.63) is 23.2 Å². The molecule has 122 valence electrons. The highest BCUT2D eigenvalue weighted by atomic mass is 35.5. The fourth-order valence-electron chi connectivity index (χ4n) is 2.00.